The van der Waals surface area contributed by atoms with Crippen LogP contribution in [0.5, 0.6) is 0 Å². The second kappa shape index (κ2) is 8.37. The molecule has 1 aromatic heterocycles. The van der Waals surface area contributed by atoms with Crippen LogP contribution in [0.25, 0.3) is 0 Å². The summed E-state index contributed by atoms with van der Waals surface area (Å²) >= 11 is 1.16. The molecule has 1 amide bonds. The summed E-state index contributed by atoms with van der Waals surface area (Å²) < 4.78 is 26.1. The van der Waals surface area contributed by atoms with Gasteiger partial charge >= 0.3 is 0 Å². The number of nitrogens with one attached hydrogen (secondary N) is 1. The standard InChI is InChI=1S/C17H20N2O4S2/c1-13(20)14-7-3-4-8-15(14)18-16(21)9-5-11-19(2)25(22,23)17-10-6-12-24-17/h3-4,6-8,10,12H,5,9,11H2,1-2H3,(H,18,21). The van der Waals surface area contributed by atoms with Crippen LogP contribution >= 0.6 is 11.3 Å². The highest BCUT2D eigenvalue weighted by atomic mass is 32.2. The molecule has 2 aromatic rings. The summed E-state index contributed by atoms with van der Waals surface area (Å²) in [4.78, 5) is 23.6. The molecule has 0 unspecified atom stereocenters. The number of Topliss-reactive ketones (excluding diaryl/α,β-unsaturated/α-hetero) is 1. The highest BCUT2D eigenvalue weighted by Gasteiger charge is 2.21. The van der Waals surface area contributed by atoms with Crippen molar-refractivity contribution in [2.75, 3.05) is 18.9 Å². The molecule has 0 saturated carbocycles. The maximum atomic E-state index is 12.3. The van der Waals surface area contributed by atoms with Gasteiger partial charge in [0.15, 0.2) is 5.78 Å². The first-order valence-corrected chi connectivity index (χ1v) is 10.0. The number of hydrogen-bond donors (Lipinski definition) is 1. The Kier molecular flexibility index (Phi) is 6.46. The van der Waals surface area contributed by atoms with Gasteiger partial charge < -0.3 is 5.32 Å². The van der Waals surface area contributed by atoms with E-state index in [0.29, 0.717) is 17.7 Å². The minimum Gasteiger partial charge on any atom is -0.325 e. The number of carbonyl (C=O) groups is 2. The summed E-state index contributed by atoms with van der Waals surface area (Å²) in [5, 5.41) is 4.42. The number of ketones is 1. The van der Waals surface area contributed by atoms with Gasteiger partial charge in [0, 0.05) is 25.6 Å². The summed E-state index contributed by atoms with van der Waals surface area (Å²) in [6.45, 7) is 1.68. The van der Waals surface area contributed by atoms with Crippen LogP contribution in [-0.2, 0) is 14.8 Å². The normalized spacial score (nSPS) is 11.5. The molecular weight excluding hydrogens is 360 g/mol. The molecular formula is C17H20N2O4S2. The van der Waals surface area contributed by atoms with Crippen LogP contribution in [0, 0.1) is 0 Å². The Balaban J connectivity index is 1.88. The lowest BCUT2D eigenvalue weighted by molar-refractivity contribution is -0.116. The van der Waals surface area contributed by atoms with E-state index in [2.05, 4.69) is 5.32 Å². The Morgan fingerprint density at radius 2 is 1.88 bits per heavy atom. The van der Waals surface area contributed by atoms with Gasteiger partial charge in [0.25, 0.3) is 10.0 Å². The third-order valence-electron chi connectivity index (χ3n) is 3.62. The molecule has 2 rings (SSSR count). The number of rotatable bonds is 8. The fraction of sp³-hybridized carbons (Fsp3) is 0.294. The smallest absolute Gasteiger partial charge is 0.252 e. The van der Waals surface area contributed by atoms with Gasteiger partial charge in [-0.25, -0.2) is 12.7 Å². The summed E-state index contributed by atoms with van der Waals surface area (Å²) in [6, 6.07) is 10.0. The van der Waals surface area contributed by atoms with Crippen molar-refractivity contribution in [2.45, 2.75) is 24.0 Å². The Bertz CT molecular complexity index is 845. The fourth-order valence-electron chi connectivity index (χ4n) is 2.26. The Morgan fingerprint density at radius 1 is 1.16 bits per heavy atom. The quantitative estimate of drug-likeness (QED) is 0.714. The molecule has 25 heavy (non-hydrogen) atoms. The molecule has 1 heterocycles. The van der Waals surface area contributed by atoms with Crippen LogP contribution in [0.2, 0.25) is 0 Å². The number of anilines is 1. The zero-order chi connectivity index (χ0) is 18.4. The topological polar surface area (TPSA) is 83.6 Å². The molecule has 6 nitrogen and oxygen atoms in total. The monoisotopic (exact) mass is 380 g/mol. The van der Waals surface area contributed by atoms with Crippen molar-refractivity contribution >= 4 is 38.7 Å². The van der Waals surface area contributed by atoms with E-state index in [4.69, 9.17) is 0 Å². The van der Waals surface area contributed by atoms with Crippen molar-refractivity contribution < 1.29 is 18.0 Å². The van der Waals surface area contributed by atoms with Gasteiger partial charge in [-0.1, -0.05) is 18.2 Å². The van der Waals surface area contributed by atoms with E-state index < -0.39 is 10.0 Å². The molecule has 0 aliphatic carbocycles. The largest absolute Gasteiger partial charge is 0.325 e. The van der Waals surface area contributed by atoms with E-state index in [1.807, 2.05) is 0 Å². The number of thiophene rings is 1. The Hall–Kier alpha value is -2.03. The number of para-hydroxylation sites is 1. The maximum absolute atomic E-state index is 12.3. The average Bonchev–Trinajstić information content (AvgIpc) is 3.10. The van der Waals surface area contributed by atoms with E-state index in [1.165, 1.54) is 18.3 Å². The Morgan fingerprint density at radius 3 is 2.52 bits per heavy atom. The van der Waals surface area contributed by atoms with Crippen LogP contribution in [0.4, 0.5) is 5.69 Å². The number of carbonyl (C=O) groups excluding carboxylic acids is 2. The van der Waals surface area contributed by atoms with E-state index in [1.54, 1.807) is 41.8 Å². The molecule has 0 atom stereocenters. The highest BCUT2D eigenvalue weighted by molar-refractivity contribution is 7.91. The molecule has 0 radical (unpaired) electrons. The van der Waals surface area contributed by atoms with Crippen LogP contribution in [0.3, 0.4) is 0 Å². The average molecular weight is 380 g/mol. The second-order valence-corrected chi connectivity index (χ2v) is 8.73. The molecule has 0 saturated heterocycles. The number of nitrogens with zero attached hydrogens (tertiary/aromatic N) is 1. The van der Waals surface area contributed by atoms with Crippen molar-refractivity contribution in [3.63, 3.8) is 0 Å². The van der Waals surface area contributed by atoms with Crippen LogP contribution < -0.4 is 5.32 Å². The molecule has 134 valence electrons. The zero-order valence-corrected chi connectivity index (χ0v) is 15.7. The lowest BCUT2D eigenvalue weighted by atomic mass is 10.1. The number of hydrogen-bond acceptors (Lipinski definition) is 5. The third kappa shape index (κ3) is 4.97. The molecule has 0 spiro atoms. The van der Waals surface area contributed by atoms with E-state index in [9.17, 15) is 18.0 Å². The molecule has 0 aliphatic heterocycles. The van der Waals surface area contributed by atoms with Crippen molar-refractivity contribution in [1.82, 2.24) is 4.31 Å². The van der Waals surface area contributed by atoms with Crippen LogP contribution in [-0.4, -0.2) is 38.0 Å². The summed E-state index contributed by atoms with van der Waals surface area (Å²) in [5.74, 6) is -0.381. The third-order valence-corrected chi connectivity index (χ3v) is 6.85. The van der Waals surface area contributed by atoms with Crippen molar-refractivity contribution in [3.05, 3.63) is 47.3 Å². The van der Waals surface area contributed by atoms with Crippen molar-refractivity contribution in [3.8, 4) is 0 Å². The van der Waals surface area contributed by atoms with Gasteiger partial charge in [-0.05, 0) is 36.9 Å². The van der Waals surface area contributed by atoms with Gasteiger partial charge in [0.2, 0.25) is 5.91 Å². The van der Waals surface area contributed by atoms with Gasteiger partial charge in [0.1, 0.15) is 4.21 Å². The Labute approximate surface area is 151 Å². The van der Waals surface area contributed by atoms with Gasteiger partial charge in [-0.2, -0.15) is 0 Å². The summed E-state index contributed by atoms with van der Waals surface area (Å²) in [5.41, 5.74) is 0.924. The number of benzene rings is 1. The molecule has 8 heteroatoms. The van der Waals surface area contributed by atoms with E-state index >= 15 is 0 Å². The first-order valence-electron chi connectivity index (χ1n) is 7.72. The molecule has 0 fully saturated rings. The number of amides is 1. The highest BCUT2D eigenvalue weighted by Crippen LogP contribution is 2.20. The fourth-order valence-corrected chi connectivity index (χ4v) is 4.67. The molecule has 1 N–H and O–H groups in total. The summed E-state index contributed by atoms with van der Waals surface area (Å²) in [7, 11) is -2.00. The van der Waals surface area contributed by atoms with Crippen LogP contribution in [0.1, 0.15) is 30.1 Å². The zero-order valence-electron chi connectivity index (χ0n) is 14.1. The van der Waals surface area contributed by atoms with Crippen molar-refractivity contribution in [1.29, 1.82) is 0 Å². The summed E-state index contributed by atoms with van der Waals surface area (Å²) in [6.07, 6.45) is 0.547. The minimum absolute atomic E-state index is 0.127. The predicted octanol–water partition coefficient (Wildman–Crippen LogP) is 2.99. The number of sulfonamides is 1. The minimum atomic E-state index is -3.49. The van der Waals surface area contributed by atoms with Gasteiger partial charge in [-0.3, -0.25) is 9.59 Å². The van der Waals surface area contributed by atoms with Gasteiger partial charge in [-0.15, -0.1) is 11.3 Å². The second-order valence-electron chi connectivity index (χ2n) is 5.51. The SMILES string of the molecule is CC(=O)c1ccccc1NC(=O)CCCN(C)S(=O)(=O)c1cccs1. The lowest BCUT2D eigenvalue weighted by Gasteiger charge is -2.16. The van der Waals surface area contributed by atoms with E-state index in [-0.39, 0.29) is 28.9 Å². The van der Waals surface area contributed by atoms with Crippen LogP contribution in [0.15, 0.2) is 46.0 Å². The molecule has 0 bridgehead atoms. The maximum Gasteiger partial charge on any atom is 0.252 e. The van der Waals surface area contributed by atoms with Crippen molar-refractivity contribution in [2.24, 2.45) is 0 Å². The van der Waals surface area contributed by atoms with E-state index in [0.717, 1.165) is 11.3 Å². The molecule has 1 aromatic carbocycles. The first kappa shape index (κ1) is 19.3. The van der Waals surface area contributed by atoms with Gasteiger partial charge in [0.05, 0.1) is 5.69 Å². The lowest BCUT2D eigenvalue weighted by Crippen LogP contribution is -2.28. The first-order chi connectivity index (χ1) is 11.8. The molecule has 0 aliphatic rings. The predicted molar refractivity (Wildman–Crippen MR) is 98.4 cm³/mol.